The van der Waals surface area contributed by atoms with E-state index in [2.05, 4.69) is 43.0 Å². The lowest BCUT2D eigenvalue weighted by atomic mass is 10.1. The molecule has 0 amide bonds. The predicted molar refractivity (Wildman–Crippen MR) is 91.4 cm³/mol. The minimum absolute atomic E-state index is 0.312. The summed E-state index contributed by atoms with van der Waals surface area (Å²) in [4.78, 5) is 2.38. The molecular weight excluding hydrogens is 290 g/mol. The summed E-state index contributed by atoms with van der Waals surface area (Å²) in [5.41, 5.74) is 2.41. The number of fused-ring (bicyclic) bond motifs is 1. The Labute approximate surface area is 137 Å². The zero-order valence-corrected chi connectivity index (χ0v) is 13.9. The van der Waals surface area contributed by atoms with Gasteiger partial charge in [0.1, 0.15) is 5.75 Å². The Balaban J connectivity index is 1.80. The Hall–Kier alpha value is -2.36. The fraction of sp³-hybridized carbons (Fsp3) is 0.368. The number of ether oxygens (including phenoxy) is 3. The normalized spacial score (nSPS) is 12.5. The quantitative estimate of drug-likeness (QED) is 0.804. The number of nitrogens with zero attached hydrogens (tertiary/aromatic N) is 1. The molecule has 0 aromatic heterocycles. The highest BCUT2D eigenvalue weighted by atomic mass is 16.7. The lowest BCUT2D eigenvalue weighted by Crippen LogP contribution is -2.27. The van der Waals surface area contributed by atoms with Crippen LogP contribution in [0, 0.1) is 5.92 Å². The molecule has 1 heterocycles. The molecule has 0 saturated heterocycles. The fourth-order valence-electron chi connectivity index (χ4n) is 2.75. The zero-order valence-electron chi connectivity index (χ0n) is 13.9. The molecule has 0 radical (unpaired) electrons. The maximum Gasteiger partial charge on any atom is 0.231 e. The Kier molecular flexibility index (Phi) is 4.60. The van der Waals surface area contributed by atoms with Crippen LogP contribution in [0.5, 0.6) is 17.2 Å². The SMILES string of the molecule is COc1ccc(N(Cc2ccc3c(c2)OCO3)CC(C)C)cc1. The number of anilines is 1. The van der Waals surface area contributed by atoms with Crippen molar-refractivity contribution in [2.45, 2.75) is 20.4 Å². The van der Waals surface area contributed by atoms with Gasteiger partial charge in [-0.15, -0.1) is 0 Å². The minimum atomic E-state index is 0.312. The molecule has 4 nitrogen and oxygen atoms in total. The molecule has 1 aliphatic rings. The van der Waals surface area contributed by atoms with Crippen molar-refractivity contribution in [2.75, 3.05) is 25.3 Å². The van der Waals surface area contributed by atoms with Crippen LogP contribution in [0.15, 0.2) is 42.5 Å². The Bertz CT molecular complexity index is 652. The van der Waals surface area contributed by atoms with Gasteiger partial charge in [0, 0.05) is 18.8 Å². The first-order chi connectivity index (χ1) is 11.2. The number of hydrogen-bond acceptors (Lipinski definition) is 4. The third-order valence-electron chi connectivity index (χ3n) is 3.83. The van der Waals surface area contributed by atoms with Crippen molar-refractivity contribution in [1.29, 1.82) is 0 Å². The minimum Gasteiger partial charge on any atom is -0.497 e. The van der Waals surface area contributed by atoms with Crippen LogP contribution in [0.3, 0.4) is 0 Å². The van der Waals surface area contributed by atoms with Crippen LogP contribution in [0.2, 0.25) is 0 Å². The molecule has 0 unspecified atom stereocenters. The summed E-state index contributed by atoms with van der Waals surface area (Å²) < 4.78 is 16.1. The highest BCUT2D eigenvalue weighted by Crippen LogP contribution is 2.33. The van der Waals surface area contributed by atoms with Crippen LogP contribution in [-0.2, 0) is 6.54 Å². The van der Waals surface area contributed by atoms with Crippen molar-refractivity contribution >= 4 is 5.69 Å². The molecule has 0 N–H and O–H groups in total. The summed E-state index contributed by atoms with van der Waals surface area (Å²) in [5, 5.41) is 0. The molecule has 122 valence electrons. The van der Waals surface area contributed by atoms with Gasteiger partial charge in [0.05, 0.1) is 7.11 Å². The maximum atomic E-state index is 5.48. The van der Waals surface area contributed by atoms with Crippen LogP contribution in [0.25, 0.3) is 0 Å². The van der Waals surface area contributed by atoms with Gasteiger partial charge in [-0.25, -0.2) is 0 Å². The Morgan fingerprint density at radius 2 is 1.78 bits per heavy atom. The van der Waals surface area contributed by atoms with E-state index in [0.29, 0.717) is 12.7 Å². The molecule has 1 aliphatic heterocycles. The van der Waals surface area contributed by atoms with Gasteiger partial charge in [-0.1, -0.05) is 19.9 Å². The second kappa shape index (κ2) is 6.82. The van der Waals surface area contributed by atoms with Crippen molar-refractivity contribution in [1.82, 2.24) is 0 Å². The van der Waals surface area contributed by atoms with Crippen LogP contribution in [0.1, 0.15) is 19.4 Å². The van der Waals surface area contributed by atoms with Crippen molar-refractivity contribution in [3.8, 4) is 17.2 Å². The largest absolute Gasteiger partial charge is 0.497 e. The average Bonchev–Trinajstić information content (AvgIpc) is 3.01. The van der Waals surface area contributed by atoms with E-state index >= 15 is 0 Å². The highest BCUT2D eigenvalue weighted by Gasteiger charge is 2.15. The van der Waals surface area contributed by atoms with E-state index in [-0.39, 0.29) is 0 Å². The predicted octanol–water partition coefficient (Wildman–Crippen LogP) is 4.09. The van der Waals surface area contributed by atoms with Gasteiger partial charge in [0.25, 0.3) is 0 Å². The van der Waals surface area contributed by atoms with E-state index in [1.807, 2.05) is 18.2 Å². The first kappa shape index (κ1) is 15.5. The molecule has 23 heavy (non-hydrogen) atoms. The Morgan fingerprint density at radius 3 is 2.48 bits per heavy atom. The zero-order chi connectivity index (χ0) is 16.2. The number of hydrogen-bond donors (Lipinski definition) is 0. The molecule has 0 spiro atoms. The van der Waals surface area contributed by atoms with Crippen LogP contribution in [-0.4, -0.2) is 20.4 Å². The summed E-state index contributed by atoms with van der Waals surface area (Å²) in [7, 11) is 1.69. The van der Waals surface area contributed by atoms with Crippen molar-refractivity contribution in [3.05, 3.63) is 48.0 Å². The topological polar surface area (TPSA) is 30.9 Å². The van der Waals surface area contributed by atoms with Crippen LogP contribution >= 0.6 is 0 Å². The van der Waals surface area contributed by atoms with E-state index < -0.39 is 0 Å². The van der Waals surface area contributed by atoms with Crippen molar-refractivity contribution in [3.63, 3.8) is 0 Å². The van der Waals surface area contributed by atoms with E-state index in [1.54, 1.807) is 7.11 Å². The molecule has 2 aromatic rings. The molecule has 0 fully saturated rings. The van der Waals surface area contributed by atoms with Gasteiger partial charge in [-0.2, -0.15) is 0 Å². The van der Waals surface area contributed by atoms with Gasteiger partial charge < -0.3 is 19.1 Å². The van der Waals surface area contributed by atoms with Crippen molar-refractivity contribution in [2.24, 2.45) is 5.92 Å². The molecular formula is C19H23NO3. The molecule has 4 heteroatoms. The molecule has 2 aromatic carbocycles. The van der Waals surface area contributed by atoms with Gasteiger partial charge in [-0.05, 0) is 47.9 Å². The first-order valence-electron chi connectivity index (χ1n) is 7.93. The molecule has 0 aliphatic carbocycles. The van der Waals surface area contributed by atoms with Crippen LogP contribution in [0.4, 0.5) is 5.69 Å². The third-order valence-corrected chi connectivity index (χ3v) is 3.83. The number of benzene rings is 2. The van der Waals surface area contributed by atoms with Gasteiger partial charge in [-0.3, -0.25) is 0 Å². The highest BCUT2D eigenvalue weighted by molar-refractivity contribution is 5.51. The smallest absolute Gasteiger partial charge is 0.231 e. The van der Waals surface area contributed by atoms with Gasteiger partial charge in [0.15, 0.2) is 11.5 Å². The van der Waals surface area contributed by atoms with Crippen LogP contribution < -0.4 is 19.1 Å². The second-order valence-corrected chi connectivity index (χ2v) is 6.16. The van der Waals surface area contributed by atoms with E-state index in [4.69, 9.17) is 14.2 Å². The summed E-state index contributed by atoms with van der Waals surface area (Å²) in [5.74, 6) is 3.11. The maximum absolute atomic E-state index is 5.48. The number of rotatable bonds is 6. The van der Waals surface area contributed by atoms with Gasteiger partial charge >= 0.3 is 0 Å². The van der Waals surface area contributed by atoms with E-state index in [0.717, 1.165) is 30.3 Å². The summed E-state index contributed by atoms with van der Waals surface area (Å²) in [6.45, 7) is 6.60. The summed E-state index contributed by atoms with van der Waals surface area (Å²) in [6, 6.07) is 14.4. The second-order valence-electron chi connectivity index (χ2n) is 6.16. The number of methoxy groups -OCH3 is 1. The Morgan fingerprint density at radius 1 is 1.04 bits per heavy atom. The fourth-order valence-corrected chi connectivity index (χ4v) is 2.75. The van der Waals surface area contributed by atoms with E-state index in [1.165, 1.54) is 11.3 Å². The first-order valence-corrected chi connectivity index (χ1v) is 7.93. The van der Waals surface area contributed by atoms with E-state index in [9.17, 15) is 0 Å². The summed E-state index contributed by atoms with van der Waals surface area (Å²) in [6.07, 6.45) is 0. The third kappa shape index (κ3) is 3.70. The lowest BCUT2D eigenvalue weighted by Gasteiger charge is -2.27. The average molecular weight is 313 g/mol. The lowest BCUT2D eigenvalue weighted by molar-refractivity contribution is 0.174. The molecule has 0 bridgehead atoms. The molecule has 0 atom stereocenters. The van der Waals surface area contributed by atoms with Crippen molar-refractivity contribution < 1.29 is 14.2 Å². The monoisotopic (exact) mass is 313 g/mol. The summed E-state index contributed by atoms with van der Waals surface area (Å²) >= 11 is 0. The molecule has 3 rings (SSSR count). The van der Waals surface area contributed by atoms with Gasteiger partial charge in [0.2, 0.25) is 6.79 Å². The molecule has 0 saturated carbocycles. The standard InChI is InChI=1S/C19H23NO3/c1-14(2)11-20(16-5-7-17(21-3)8-6-16)12-15-4-9-18-19(10-15)23-13-22-18/h4-10,14H,11-13H2,1-3H3.